The lowest BCUT2D eigenvalue weighted by Crippen LogP contribution is -2.35. The highest BCUT2D eigenvalue weighted by Crippen LogP contribution is 2.29. The maximum Gasteiger partial charge on any atom is 0.128 e. The fourth-order valence-corrected chi connectivity index (χ4v) is 1.99. The van der Waals surface area contributed by atoms with Crippen LogP contribution in [-0.4, -0.2) is 0 Å². The molecule has 0 aliphatic heterocycles. The fraction of sp³-hybridized carbons (Fsp3) is 0.200. The summed E-state index contributed by atoms with van der Waals surface area (Å²) in [7, 11) is 0. The van der Waals surface area contributed by atoms with E-state index in [4.69, 9.17) is 5.73 Å². The molecule has 2 rings (SSSR count). The molecule has 1 unspecified atom stereocenters. The minimum absolute atomic E-state index is 0.334. The molecule has 0 radical (unpaired) electrons. The summed E-state index contributed by atoms with van der Waals surface area (Å²) in [6.45, 7) is 3.60. The van der Waals surface area contributed by atoms with Gasteiger partial charge in [0.25, 0.3) is 0 Å². The summed E-state index contributed by atoms with van der Waals surface area (Å²) in [5, 5.41) is 0. The van der Waals surface area contributed by atoms with Gasteiger partial charge in [0, 0.05) is 5.56 Å². The summed E-state index contributed by atoms with van der Waals surface area (Å²) in [6.07, 6.45) is 0. The lowest BCUT2D eigenvalue weighted by atomic mass is 9.84. The van der Waals surface area contributed by atoms with E-state index in [1.165, 1.54) is 18.2 Å². The Morgan fingerprint density at radius 3 is 2.22 bits per heavy atom. The van der Waals surface area contributed by atoms with E-state index in [-0.39, 0.29) is 11.6 Å². The second kappa shape index (κ2) is 4.50. The Bertz CT molecular complexity index is 559. The molecule has 0 aliphatic rings. The monoisotopic (exact) mass is 247 g/mol. The zero-order chi connectivity index (χ0) is 13.3. The summed E-state index contributed by atoms with van der Waals surface area (Å²) in [5.41, 5.74) is 7.26. The number of hydrogen-bond acceptors (Lipinski definition) is 1. The van der Waals surface area contributed by atoms with Gasteiger partial charge in [0.15, 0.2) is 0 Å². The minimum Gasteiger partial charge on any atom is -0.318 e. The average molecular weight is 247 g/mol. The number of hydrogen-bond donors (Lipinski definition) is 1. The van der Waals surface area contributed by atoms with Crippen molar-refractivity contribution in [1.29, 1.82) is 0 Å². The van der Waals surface area contributed by atoms with Crippen molar-refractivity contribution < 1.29 is 8.78 Å². The van der Waals surface area contributed by atoms with Crippen molar-refractivity contribution in [3.05, 3.63) is 70.8 Å². The van der Waals surface area contributed by atoms with E-state index < -0.39 is 5.54 Å². The smallest absolute Gasteiger partial charge is 0.128 e. The topological polar surface area (TPSA) is 26.0 Å². The minimum atomic E-state index is -0.982. The number of rotatable bonds is 2. The standard InChI is InChI=1S/C15H15F2N/c1-10-3-8-14(17)13(9-10)15(2,18)11-4-6-12(16)7-5-11/h3-9H,18H2,1-2H3. The molecule has 3 heteroatoms. The van der Waals surface area contributed by atoms with E-state index in [0.717, 1.165) is 5.56 Å². The van der Waals surface area contributed by atoms with Gasteiger partial charge in [0.05, 0.1) is 5.54 Å². The molecule has 2 N–H and O–H groups in total. The number of halogens is 2. The van der Waals surface area contributed by atoms with E-state index >= 15 is 0 Å². The summed E-state index contributed by atoms with van der Waals surface area (Å²) in [6, 6.07) is 10.6. The Balaban J connectivity index is 2.53. The molecule has 2 aromatic rings. The van der Waals surface area contributed by atoms with Gasteiger partial charge in [-0.05, 0) is 37.6 Å². The molecule has 1 nitrogen and oxygen atoms in total. The molecule has 0 aliphatic carbocycles. The quantitative estimate of drug-likeness (QED) is 0.863. The molecule has 0 fully saturated rings. The first-order valence-electron chi connectivity index (χ1n) is 5.73. The van der Waals surface area contributed by atoms with Crippen molar-refractivity contribution in [2.75, 3.05) is 0 Å². The van der Waals surface area contributed by atoms with Crippen molar-refractivity contribution in [3.8, 4) is 0 Å². The Kier molecular flexibility index (Phi) is 3.18. The van der Waals surface area contributed by atoms with Crippen molar-refractivity contribution >= 4 is 0 Å². The Hall–Kier alpha value is -1.74. The van der Waals surface area contributed by atoms with E-state index in [2.05, 4.69) is 0 Å². The summed E-state index contributed by atoms with van der Waals surface area (Å²) < 4.78 is 26.8. The van der Waals surface area contributed by atoms with Crippen molar-refractivity contribution in [2.24, 2.45) is 5.73 Å². The van der Waals surface area contributed by atoms with Crippen LogP contribution >= 0.6 is 0 Å². The van der Waals surface area contributed by atoms with E-state index in [9.17, 15) is 8.78 Å². The Morgan fingerprint density at radius 2 is 1.61 bits per heavy atom. The molecule has 1 atom stereocenters. The number of aryl methyl sites for hydroxylation is 1. The normalized spacial score (nSPS) is 14.3. The average Bonchev–Trinajstić information content (AvgIpc) is 2.32. The third-order valence-corrected chi connectivity index (χ3v) is 3.13. The highest BCUT2D eigenvalue weighted by Gasteiger charge is 2.27. The lowest BCUT2D eigenvalue weighted by molar-refractivity contribution is 0.528. The van der Waals surface area contributed by atoms with Gasteiger partial charge in [-0.2, -0.15) is 0 Å². The molecule has 0 bridgehead atoms. The second-order valence-corrected chi connectivity index (χ2v) is 4.69. The SMILES string of the molecule is Cc1ccc(F)c(C(C)(N)c2ccc(F)cc2)c1. The maximum absolute atomic E-state index is 13.9. The van der Waals surface area contributed by atoms with Crippen LogP contribution in [0.3, 0.4) is 0 Å². The predicted molar refractivity (Wildman–Crippen MR) is 68.2 cm³/mol. The predicted octanol–water partition coefficient (Wildman–Crippen LogP) is 3.50. The summed E-state index contributed by atoms with van der Waals surface area (Å²) in [5.74, 6) is -0.686. The van der Waals surface area contributed by atoms with Crippen LogP contribution in [0.4, 0.5) is 8.78 Å². The molecule has 94 valence electrons. The zero-order valence-electron chi connectivity index (χ0n) is 10.4. The molecular formula is C15H15F2N. The Morgan fingerprint density at radius 1 is 1.00 bits per heavy atom. The van der Waals surface area contributed by atoms with Crippen molar-refractivity contribution in [3.63, 3.8) is 0 Å². The number of nitrogens with two attached hydrogens (primary N) is 1. The van der Waals surface area contributed by atoms with Gasteiger partial charge in [-0.1, -0.05) is 29.8 Å². The highest BCUT2D eigenvalue weighted by atomic mass is 19.1. The van der Waals surface area contributed by atoms with Gasteiger partial charge >= 0.3 is 0 Å². The number of benzene rings is 2. The van der Waals surface area contributed by atoms with Crippen LogP contribution < -0.4 is 5.73 Å². The van der Waals surface area contributed by atoms with Gasteiger partial charge in [0.1, 0.15) is 11.6 Å². The largest absolute Gasteiger partial charge is 0.318 e. The van der Waals surface area contributed by atoms with Crippen LogP contribution in [0.1, 0.15) is 23.6 Å². The molecule has 0 saturated carbocycles. The van der Waals surface area contributed by atoms with Gasteiger partial charge in [-0.25, -0.2) is 8.78 Å². The molecule has 0 saturated heterocycles. The van der Waals surface area contributed by atoms with Crippen LogP contribution in [-0.2, 0) is 5.54 Å². The van der Waals surface area contributed by atoms with E-state index in [1.807, 2.05) is 6.92 Å². The molecule has 0 heterocycles. The first-order valence-corrected chi connectivity index (χ1v) is 5.73. The lowest BCUT2D eigenvalue weighted by Gasteiger charge is -2.26. The van der Waals surface area contributed by atoms with E-state index in [0.29, 0.717) is 11.1 Å². The van der Waals surface area contributed by atoms with Crippen molar-refractivity contribution in [1.82, 2.24) is 0 Å². The summed E-state index contributed by atoms with van der Waals surface area (Å²) in [4.78, 5) is 0. The molecule has 0 spiro atoms. The van der Waals surface area contributed by atoms with Crippen LogP contribution in [0, 0.1) is 18.6 Å². The first-order chi connectivity index (χ1) is 8.41. The third kappa shape index (κ3) is 2.27. The first kappa shape index (κ1) is 12.7. The molecule has 2 aromatic carbocycles. The van der Waals surface area contributed by atoms with Crippen molar-refractivity contribution in [2.45, 2.75) is 19.4 Å². The van der Waals surface area contributed by atoms with Gasteiger partial charge in [-0.15, -0.1) is 0 Å². The fourth-order valence-electron chi connectivity index (χ4n) is 1.99. The maximum atomic E-state index is 13.9. The molecular weight excluding hydrogens is 232 g/mol. The molecule has 0 amide bonds. The zero-order valence-corrected chi connectivity index (χ0v) is 10.4. The van der Waals surface area contributed by atoms with Crippen LogP contribution in [0.25, 0.3) is 0 Å². The summed E-state index contributed by atoms with van der Waals surface area (Å²) >= 11 is 0. The Labute approximate surface area is 105 Å². The van der Waals surface area contributed by atoms with E-state index in [1.54, 1.807) is 31.2 Å². The van der Waals surface area contributed by atoms with Crippen LogP contribution in [0.5, 0.6) is 0 Å². The second-order valence-electron chi connectivity index (χ2n) is 4.69. The third-order valence-electron chi connectivity index (χ3n) is 3.13. The van der Waals surface area contributed by atoms with Gasteiger partial charge in [-0.3, -0.25) is 0 Å². The van der Waals surface area contributed by atoms with Gasteiger partial charge < -0.3 is 5.73 Å². The molecule has 18 heavy (non-hydrogen) atoms. The van der Waals surface area contributed by atoms with Gasteiger partial charge in [0.2, 0.25) is 0 Å². The van der Waals surface area contributed by atoms with Crippen LogP contribution in [0.2, 0.25) is 0 Å². The highest BCUT2D eigenvalue weighted by molar-refractivity contribution is 5.39. The molecule has 0 aromatic heterocycles. The van der Waals surface area contributed by atoms with Crippen LogP contribution in [0.15, 0.2) is 42.5 Å².